The summed E-state index contributed by atoms with van der Waals surface area (Å²) in [7, 11) is -2.29. The van der Waals surface area contributed by atoms with E-state index in [1.807, 2.05) is 0 Å². The molecule has 1 unspecified atom stereocenters. The first-order valence-corrected chi connectivity index (χ1v) is 14.8. The van der Waals surface area contributed by atoms with Crippen molar-refractivity contribution < 1.29 is 32.6 Å². The molecule has 2 N–H and O–H groups in total. The highest BCUT2D eigenvalue weighted by atomic mass is 35.5. The third kappa shape index (κ3) is 9.48. The molecule has 220 valence electrons. The number of sulfone groups is 1. The third-order valence-corrected chi connectivity index (χ3v) is 7.99. The molecule has 0 saturated heterocycles. The van der Waals surface area contributed by atoms with Crippen molar-refractivity contribution in [3.63, 3.8) is 0 Å². The summed E-state index contributed by atoms with van der Waals surface area (Å²) in [5.74, 6) is 0.0752. The molecule has 3 aromatic rings. The molecule has 0 fully saturated rings. The standard InChI is InChI=1S/C30H35ClN2O7S/c1-30(2,3)40-29(36)33(19-27(34)22-6-5-7-23(31)18-22)17-16-21-8-12-25(13-9-21)41(37,38)26-14-10-24(11-15-26)39-20-28(35)32-4/h5-15,18,27,34H,16-17,19-20H2,1-4H3,(H,32,35). The molecule has 1 atom stereocenters. The summed E-state index contributed by atoms with van der Waals surface area (Å²) in [6.45, 7) is 5.35. The van der Waals surface area contributed by atoms with Gasteiger partial charge in [-0.25, -0.2) is 13.2 Å². The number of ether oxygens (including phenoxy) is 2. The van der Waals surface area contributed by atoms with Crippen LogP contribution in [0.2, 0.25) is 5.02 Å². The number of nitrogens with zero attached hydrogens (tertiary/aromatic N) is 1. The highest BCUT2D eigenvalue weighted by Crippen LogP contribution is 2.24. The van der Waals surface area contributed by atoms with Crippen molar-refractivity contribution in [2.45, 2.75) is 48.7 Å². The van der Waals surface area contributed by atoms with Gasteiger partial charge >= 0.3 is 6.09 Å². The molecule has 3 rings (SSSR count). The van der Waals surface area contributed by atoms with Crippen LogP contribution in [0.5, 0.6) is 5.75 Å². The second-order valence-corrected chi connectivity index (χ2v) is 12.7. The number of hydrogen-bond donors (Lipinski definition) is 2. The molecule has 0 heterocycles. The molecule has 0 saturated carbocycles. The van der Waals surface area contributed by atoms with E-state index in [1.54, 1.807) is 57.2 Å². The van der Waals surface area contributed by atoms with Crippen molar-refractivity contribution in [1.82, 2.24) is 10.2 Å². The summed E-state index contributed by atoms with van der Waals surface area (Å²) in [5.41, 5.74) is 0.653. The van der Waals surface area contributed by atoms with Crippen LogP contribution in [0.25, 0.3) is 0 Å². The van der Waals surface area contributed by atoms with Gasteiger partial charge in [-0.3, -0.25) is 4.79 Å². The predicted molar refractivity (Wildman–Crippen MR) is 156 cm³/mol. The summed E-state index contributed by atoms with van der Waals surface area (Å²) < 4.78 is 37.1. The second-order valence-electron chi connectivity index (χ2n) is 10.3. The van der Waals surface area contributed by atoms with Crippen LogP contribution in [0.3, 0.4) is 0 Å². The summed E-state index contributed by atoms with van der Waals surface area (Å²) in [6, 6.07) is 19.0. The van der Waals surface area contributed by atoms with E-state index in [4.69, 9.17) is 21.1 Å². The fourth-order valence-corrected chi connectivity index (χ4v) is 5.24. The molecule has 0 aliphatic heterocycles. The molecule has 0 aliphatic carbocycles. The van der Waals surface area contributed by atoms with Gasteiger partial charge in [0, 0.05) is 18.6 Å². The first kappa shape index (κ1) is 31.9. The van der Waals surface area contributed by atoms with Gasteiger partial charge in [0.2, 0.25) is 9.84 Å². The Morgan fingerprint density at radius 3 is 2.17 bits per heavy atom. The Labute approximate surface area is 246 Å². The number of aliphatic hydroxyl groups excluding tert-OH is 1. The Morgan fingerprint density at radius 1 is 1.00 bits per heavy atom. The first-order chi connectivity index (χ1) is 19.3. The van der Waals surface area contributed by atoms with Crippen molar-refractivity contribution in [1.29, 1.82) is 0 Å². The van der Waals surface area contributed by atoms with Gasteiger partial charge in [0.15, 0.2) is 6.61 Å². The number of carbonyl (C=O) groups is 2. The summed E-state index contributed by atoms with van der Waals surface area (Å²) in [6.07, 6.45) is -1.14. The molecule has 0 aliphatic rings. The number of likely N-dealkylation sites (N-methyl/N-ethyl adjacent to an activating group) is 1. The molecular formula is C30H35ClN2O7S. The Morgan fingerprint density at radius 2 is 1.61 bits per heavy atom. The van der Waals surface area contributed by atoms with Crippen LogP contribution in [0, 0.1) is 0 Å². The fourth-order valence-electron chi connectivity index (χ4n) is 3.78. The molecule has 0 aromatic heterocycles. The summed E-state index contributed by atoms with van der Waals surface area (Å²) >= 11 is 6.06. The number of rotatable bonds is 11. The van der Waals surface area contributed by atoms with Gasteiger partial charge in [-0.1, -0.05) is 35.9 Å². The number of carbonyl (C=O) groups excluding carboxylic acids is 2. The van der Waals surface area contributed by atoms with Gasteiger partial charge in [0.1, 0.15) is 11.4 Å². The second kappa shape index (κ2) is 13.8. The van der Waals surface area contributed by atoms with E-state index in [0.717, 1.165) is 5.56 Å². The number of hydrogen-bond acceptors (Lipinski definition) is 7. The zero-order chi connectivity index (χ0) is 30.2. The van der Waals surface area contributed by atoms with Gasteiger partial charge in [0.05, 0.1) is 22.4 Å². The molecule has 2 amide bonds. The average molecular weight is 603 g/mol. The van der Waals surface area contributed by atoms with Crippen molar-refractivity contribution in [3.8, 4) is 5.75 Å². The molecule has 11 heteroatoms. The molecule has 3 aromatic carbocycles. The molecule has 0 bridgehead atoms. The number of nitrogens with one attached hydrogen (secondary N) is 1. The van der Waals surface area contributed by atoms with E-state index < -0.39 is 27.6 Å². The van der Waals surface area contributed by atoms with Crippen molar-refractivity contribution in [2.75, 3.05) is 26.7 Å². The maximum Gasteiger partial charge on any atom is 0.410 e. The summed E-state index contributed by atoms with van der Waals surface area (Å²) in [4.78, 5) is 25.9. The number of amides is 2. The summed E-state index contributed by atoms with van der Waals surface area (Å²) in [5, 5.41) is 13.7. The minimum absolute atomic E-state index is 0.00938. The van der Waals surface area contributed by atoms with Gasteiger partial charge < -0.3 is 24.8 Å². The lowest BCUT2D eigenvalue weighted by molar-refractivity contribution is -0.122. The Balaban J connectivity index is 1.69. The first-order valence-electron chi connectivity index (χ1n) is 13.0. The molecule has 0 radical (unpaired) electrons. The van der Waals surface area contributed by atoms with E-state index >= 15 is 0 Å². The van der Waals surface area contributed by atoms with E-state index in [0.29, 0.717) is 22.8 Å². The Kier molecular flexibility index (Phi) is 10.8. The van der Waals surface area contributed by atoms with Crippen LogP contribution in [0.1, 0.15) is 38.0 Å². The van der Waals surface area contributed by atoms with Crippen LogP contribution >= 0.6 is 11.6 Å². The quantitative estimate of drug-likeness (QED) is 0.323. The maximum absolute atomic E-state index is 13.1. The minimum Gasteiger partial charge on any atom is -0.484 e. The van der Waals surface area contributed by atoms with Crippen LogP contribution in [-0.4, -0.2) is 62.8 Å². The SMILES string of the molecule is CNC(=O)COc1ccc(S(=O)(=O)c2ccc(CCN(CC(O)c3cccc(Cl)c3)C(=O)OC(C)(C)C)cc2)cc1. The van der Waals surface area contributed by atoms with E-state index in [-0.39, 0.29) is 35.4 Å². The monoisotopic (exact) mass is 602 g/mol. The van der Waals surface area contributed by atoms with Crippen molar-refractivity contribution in [3.05, 3.63) is 88.9 Å². The van der Waals surface area contributed by atoms with Crippen molar-refractivity contribution in [2.24, 2.45) is 0 Å². The minimum atomic E-state index is -3.79. The van der Waals surface area contributed by atoms with Gasteiger partial charge in [-0.15, -0.1) is 0 Å². The van der Waals surface area contributed by atoms with E-state index in [1.165, 1.54) is 48.3 Å². The largest absolute Gasteiger partial charge is 0.484 e. The topological polar surface area (TPSA) is 122 Å². The van der Waals surface area contributed by atoms with Crippen LogP contribution in [-0.2, 0) is 25.8 Å². The normalized spacial score (nSPS) is 12.3. The van der Waals surface area contributed by atoms with E-state index in [2.05, 4.69) is 5.32 Å². The number of aliphatic hydroxyl groups is 1. The predicted octanol–water partition coefficient (Wildman–Crippen LogP) is 4.81. The Bertz CT molecular complexity index is 1440. The molecular weight excluding hydrogens is 568 g/mol. The highest BCUT2D eigenvalue weighted by Gasteiger charge is 2.25. The van der Waals surface area contributed by atoms with Crippen molar-refractivity contribution >= 4 is 33.4 Å². The molecule has 9 nitrogen and oxygen atoms in total. The fraction of sp³-hybridized carbons (Fsp3) is 0.333. The number of benzene rings is 3. The molecule has 0 spiro atoms. The van der Waals surface area contributed by atoms with E-state index in [9.17, 15) is 23.1 Å². The highest BCUT2D eigenvalue weighted by molar-refractivity contribution is 7.91. The van der Waals surface area contributed by atoms with Crippen LogP contribution < -0.4 is 10.1 Å². The van der Waals surface area contributed by atoms with Crippen LogP contribution in [0.15, 0.2) is 82.6 Å². The lowest BCUT2D eigenvalue weighted by Crippen LogP contribution is -2.40. The zero-order valence-corrected chi connectivity index (χ0v) is 25.0. The Hall–Kier alpha value is -3.60. The van der Waals surface area contributed by atoms with Gasteiger partial charge in [-0.2, -0.15) is 0 Å². The lowest BCUT2D eigenvalue weighted by Gasteiger charge is -2.29. The average Bonchev–Trinajstić information content (AvgIpc) is 2.93. The number of halogens is 1. The lowest BCUT2D eigenvalue weighted by atomic mass is 10.1. The van der Waals surface area contributed by atoms with Gasteiger partial charge in [0.25, 0.3) is 5.91 Å². The smallest absolute Gasteiger partial charge is 0.410 e. The molecule has 41 heavy (non-hydrogen) atoms. The third-order valence-electron chi connectivity index (χ3n) is 5.97. The maximum atomic E-state index is 13.1. The van der Waals surface area contributed by atoms with Crippen LogP contribution in [0.4, 0.5) is 4.79 Å². The van der Waals surface area contributed by atoms with Gasteiger partial charge in [-0.05, 0) is 86.8 Å². The zero-order valence-electron chi connectivity index (χ0n) is 23.5.